The van der Waals surface area contributed by atoms with E-state index in [0.717, 1.165) is 32.7 Å². The lowest BCUT2D eigenvalue weighted by Crippen LogP contribution is -2.36. The molecule has 0 saturated carbocycles. The number of ether oxygens (including phenoxy) is 2. The van der Waals surface area contributed by atoms with Crippen LogP contribution < -0.4 is 10.1 Å². The highest BCUT2D eigenvalue weighted by molar-refractivity contribution is 9.10. The maximum Gasteiger partial charge on any atom is 0.336 e. The molecule has 6 heteroatoms. The predicted molar refractivity (Wildman–Crippen MR) is 122 cm³/mol. The van der Waals surface area contributed by atoms with Gasteiger partial charge >= 0.3 is 5.97 Å². The number of carbonyl (C=O) groups is 2. The SMILES string of the molecule is COC(=O)C1=C(C)NC2=C(C(=O)CC(c3ccc(OC)cc3)C2)C1c1ccccc1Br. The van der Waals surface area contributed by atoms with Crippen LogP contribution in [0.2, 0.25) is 0 Å². The van der Waals surface area contributed by atoms with E-state index in [0.29, 0.717) is 24.0 Å². The van der Waals surface area contributed by atoms with Crippen molar-refractivity contribution >= 4 is 27.7 Å². The van der Waals surface area contributed by atoms with E-state index in [1.807, 2.05) is 55.5 Å². The highest BCUT2D eigenvalue weighted by Gasteiger charge is 2.41. The molecule has 31 heavy (non-hydrogen) atoms. The van der Waals surface area contributed by atoms with Crippen molar-refractivity contribution in [1.29, 1.82) is 0 Å². The second-order valence-corrected chi connectivity index (χ2v) is 8.66. The molecule has 2 atom stereocenters. The first-order valence-corrected chi connectivity index (χ1v) is 10.9. The van der Waals surface area contributed by atoms with Gasteiger partial charge in [-0.2, -0.15) is 0 Å². The van der Waals surface area contributed by atoms with E-state index in [1.165, 1.54) is 7.11 Å². The maximum absolute atomic E-state index is 13.5. The fourth-order valence-electron chi connectivity index (χ4n) is 4.55. The van der Waals surface area contributed by atoms with Crippen LogP contribution in [0.1, 0.15) is 42.7 Å². The average Bonchev–Trinajstić information content (AvgIpc) is 2.78. The summed E-state index contributed by atoms with van der Waals surface area (Å²) in [6.07, 6.45) is 1.08. The van der Waals surface area contributed by atoms with Gasteiger partial charge in [0.05, 0.1) is 19.8 Å². The smallest absolute Gasteiger partial charge is 0.336 e. The number of hydrogen-bond donors (Lipinski definition) is 1. The standard InChI is InChI=1S/C25H24BrNO4/c1-14-22(25(29)31-3)23(18-6-4-5-7-19(18)26)24-20(27-14)12-16(13-21(24)28)15-8-10-17(30-2)11-9-15/h4-11,16,23,27H,12-13H2,1-3H3. The van der Waals surface area contributed by atoms with Gasteiger partial charge in [-0.05, 0) is 48.6 Å². The topological polar surface area (TPSA) is 64.6 Å². The van der Waals surface area contributed by atoms with Gasteiger partial charge in [0.15, 0.2) is 5.78 Å². The number of nitrogens with one attached hydrogen (secondary N) is 1. The molecule has 1 heterocycles. The molecule has 1 aliphatic heterocycles. The van der Waals surface area contributed by atoms with Crippen molar-refractivity contribution in [3.05, 3.63) is 86.7 Å². The zero-order valence-electron chi connectivity index (χ0n) is 17.7. The van der Waals surface area contributed by atoms with Crippen LogP contribution in [-0.4, -0.2) is 26.0 Å². The highest BCUT2D eigenvalue weighted by Crippen LogP contribution is 2.47. The zero-order chi connectivity index (χ0) is 22.1. The predicted octanol–water partition coefficient (Wildman–Crippen LogP) is 4.99. The molecule has 1 N–H and O–H groups in total. The van der Waals surface area contributed by atoms with Crippen LogP contribution in [-0.2, 0) is 14.3 Å². The zero-order valence-corrected chi connectivity index (χ0v) is 19.3. The molecule has 5 nitrogen and oxygen atoms in total. The fourth-order valence-corrected chi connectivity index (χ4v) is 5.07. The number of Topliss-reactive ketones (excluding diaryl/α,β-unsaturated/α-hetero) is 1. The number of rotatable bonds is 4. The van der Waals surface area contributed by atoms with Crippen LogP contribution in [0.3, 0.4) is 0 Å². The number of halogens is 1. The molecule has 2 unspecified atom stereocenters. The van der Waals surface area contributed by atoms with E-state index in [9.17, 15) is 9.59 Å². The van der Waals surface area contributed by atoms with Gasteiger partial charge in [0.2, 0.25) is 0 Å². The third-order valence-corrected chi connectivity index (χ3v) is 6.76. The molecule has 0 saturated heterocycles. The van der Waals surface area contributed by atoms with Crippen molar-refractivity contribution in [3.8, 4) is 5.75 Å². The van der Waals surface area contributed by atoms with Gasteiger partial charge in [0.25, 0.3) is 0 Å². The Kier molecular flexibility index (Phi) is 6.01. The first-order chi connectivity index (χ1) is 14.9. The lowest BCUT2D eigenvalue weighted by atomic mass is 9.72. The summed E-state index contributed by atoms with van der Waals surface area (Å²) in [7, 11) is 3.00. The first kappa shape index (κ1) is 21.4. The molecule has 160 valence electrons. The number of allylic oxidation sites excluding steroid dienone is 3. The molecular formula is C25H24BrNO4. The molecule has 0 bridgehead atoms. The molecule has 0 amide bonds. The number of esters is 1. The maximum atomic E-state index is 13.5. The third-order valence-electron chi connectivity index (χ3n) is 6.04. The summed E-state index contributed by atoms with van der Waals surface area (Å²) in [5, 5.41) is 3.35. The number of methoxy groups -OCH3 is 2. The van der Waals surface area contributed by atoms with Gasteiger partial charge in [-0.15, -0.1) is 0 Å². The van der Waals surface area contributed by atoms with Crippen molar-refractivity contribution in [2.45, 2.75) is 31.6 Å². The van der Waals surface area contributed by atoms with Crippen LogP contribution in [0.15, 0.2) is 75.5 Å². The van der Waals surface area contributed by atoms with E-state index in [4.69, 9.17) is 9.47 Å². The quantitative estimate of drug-likeness (QED) is 0.622. The van der Waals surface area contributed by atoms with Crippen LogP contribution in [0.5, 0.6) is 5.75 Å². The van der Waals surface area contributed by atoms with Crippen molar-refractivity contribution < 1.29 is 19.1 Å². The first-order valence-electron chi connectivity index (χ1n) is 10.1. The van der Waals surface area contributed by atoms with E-state index in [2.05, 4.69) is 21.2 Å². The van der Waals surface area contributed by atoms with Gasteiger partial charge in [0, 0.05) is 33.8 Å². The molecule has 0 radical (unpaired) electrons. The lowest BCUT2D eigenvalue weighted by molar-refractivity contribution is -0.136. The van der Waals surface area contributed by atoms with Gasteiger partial charge < -0.3 is 14.8 Å². The Morgan fingerprint density at radius 2 is 1.77 bits per heavy atom. The van der Waals surface area contributed by atoms with Crippen LogP contribution in [0.25, 0.3) is 0 Å². The summed E-state index contributed by atoms with van der Waals surface area (Å²) in [6.45, 7) is 1.86. The molecule has 2 aromatic carbocycles. The summed E-state index contributed by atoms with van der Waals surface area (Å²) in [5.41, 5.74) is 4.71. The number of ketones is 1. The summed E-state index contributed by atoms with van der Waals surface area (Å²) in [6, 6.07) is 15.6. The Balaban J connectivity index is 1.79. The molecule has 0 aromatic heterocycles. The molecule has 0 fully saturated rings. The van der Waals surface area contributed by atoms with Crippen molar-refractivity contribution in [2.75, 3.05) is 14.2 Å². The van der Waals surface area contributed by atoms with Crippen LogP contribution >= 0.6 is 15.9 Å². The molecular weight excluding hydrogens is 458 g/mol. The van der Waals surface area contributed by atoms with E-state index in [1.54, 1.807) is 7.11 Å². The average molecular weight is 482 g/mol. The second kappa shape index (κ2) is 8.71. The van der Waals surface area contributed by atoms with E-state index < -0.39 is 11.9 Å². The number of carbonyl (C=O) groups excluding carboxylic acids is 2. The molecule has 0 spiro atoms. The second-order valence-electron chi connectivity index (χ2n) is 7.80. The minimum absolute atomic E-state index is 0.0456. The van der Waals surface area contributed by atoms with Gasteiger partial charge in [-0.1, -0.05) is 46.3 Å². The Hall–Kier alpha value is -2.86. The molecule has 2 aromatic rings. The molecule has 1 aliphatic carbocycles. The largest absolute Gasteiger partial charge is 0.497 e. The Morgan fingerprint density at radius 1 is 1.06 bits per heavy atom. The van der Waals surface area contributed by atoms with Crippen molar-refractivity contribution in [3.63, 3.8) is 0 Å². The monoisotopic (exact) mass is 481 g/mol. The molecule has 2 aliphatic rings. The van der Waals surface area contributed by atoms with E-state index >= 15 is 0 Å². The minimum atomic E-state index is -0.469. The molecule has 4 rings (SSSR count). The third kappa shape index (κ3) is 3.92. The number of dihydropyridines is 1. The van der Waals surface area contributed by atoms with Gasteiger partial charge in [0.1, 0.15) is 5.75 Å². The summed E-state index contributed by atoms with van der Waals surface area (Å²) >= 11 is 3.61. The Bertz CT molecular complexity index is 1100. The van der Waals surface area contributed by atoms with Crippen molar-refractivity contribution in [2.24, 2.45) is 0 Å². The Labute approximate surface area is 190 Å². The van der Waals surface area contributed by atoms with Gasteiger partial charge in [-0.3, -0.25) is 4.79 Å². The number of benzene rings is 2. The normalized spacial score (nSPS) is 20.8. The lowest BCUT2D eigenvalue weighted by Gasteiger charge is -2.37. The summed E-state index contributed by atoms with van der Waals surface area (Å²) in [5.74, 6) is 0.00395. The highest BCUT2D eigenvalue weighted by atomic mass is 79.9. The fraction of sp³-hybridized carbons (Fsp3) is 0.280. The van der Waals surface area contributed by atoms with Gasteiger partial charge in [-0.25, -0.2) is 4.79 Å². The van der Waals surface area contributed by atoms with Crippen molar-refractivity contribution in [1.82, 2.24) is 5.32 Å². The Morgan fingerprint density at radius 3 is 2.42 bits per heavy atom. The minimum Gasteiger partial charge on any atom is -0.497 e. The van der Waals surface area contributed by atoms with Crippen LogP contribution in [0, 0.1) is 0 Å². The summed E-state index contributed by atoms with van der Waals surface area (Å²) < 4.78 is 11.2. The van der Waals surface area contributed by atoms with Crippen LogP contribution in [0.4, 0.5) is 0 Å². The summed E-state index contributed by atoms with van der Waals surface area (Å²) in [4.78, 5) is 26.2. The van der Waals surface area contributed by atoms with E-state index in [-0.39, 0.29) is 11.7 Å². The number of hydrogen-bond acceptors (Lipinski definition) is 5.